The topological polar surface area (TPSA) is 24.5 Å². The van der Waals surface area contributed by atoms with Crippen LogP contribution in [0.15, 0.2) is 24.3 Å². The van der Waals surface area contributed by atoms with Crippen LogP contribution >= 0.6 is 0 Å². The number of terminal acetylenes is 1. The van der Waals surface area contributed by atoms with Crippen LogP contribution in [-0.2, 0) is 0 Å². The second-order valence-corrected chi connectivity index (χ2v) is 3.72. The fourth-order valence-electron chi connectivity index (χ4n) is 1.80. The summed E-state index contributed by atoms with van der Waals surface area (Å²) in [6.07, 6.45) is 5.13. The van der Waals surface area contributed by atoms with Gasteiger partial charge in [0.25, 0.3) is 0 Å². The quantitative estimate of drug-likeness (QED) is 0.766. The second kappa shape index (κ2) is 5.43. The Morgan fingerprint density at radius 1 is 1.25 bits per heavy atom. The Bertz CT molecular complexity index is 361. The number of anilines is 1. The molecular weight excluding hydrogens is 200 g/mol. The second-order valence-electron chi connectivity index (χ2n) is 3.72. The lowest BCUT2D eigenvalue weighted by molar-refractivity contribution is 0.370. The first-order chi connectivity index (χ1) is 7.90. The van der Waals surface area contributed by atoms with Gasteiger partial charge in [0.15, 0.2) is 0 Å². The summed E-state index contributed by atoms with van der Waals surface area (Å²) < 4.78 is 5.33. The minimum absolute atomic E-state index is 0.326. The van der Waals surface area contributed by atoms with Crippen LogP contribution < -0.4 is 15.0 Å². The number of rotatable bonds is 3. The summed E-state index contributed by atoms with van der Waals surface area (Å²) in [6.45, 7) is 4.55. The summed E-state index contributed by atoms with van der Waals surface area (Å²) in [7, 11) is 0. The molecule has 2 rings (SSSR count). The van der Waals surface area contributed by atoms with Crippen molar-refractivity contribution in [1.29, 1.82) is 0 Å². The molecule has 0 radical (unpaired) electrons. The van der Waals surface area contributed by atoms with Crippen LogP contribution in [0.3, 0.4) is 0 Å². The molecule has 1 saturated heterocycles. The van der Waals surface area contributed by atoms with Crippen molar-refractivity contribution >= 4 is 5.69 Å². The first kappa shape index (κ1) is 10.8. The number of benzene rings is 1. The molecule has 84 valence electrons. The minimum Gasteiger partial charge on any atom is -0.481 e. The predicted molar refractivity (Wildman–Crippen MR) is 65.9 cm³/mol. The van der Waals surface area contributed by atoms with E-state index in [0.717, 1.165) is 31.9 Å². The third-order valence-electron chi connectivity index (χ3n) is 2.64. The summed E-state index contributed by atoms with van der Waals surface area (Å²) in [4.78, 5) is 2.36. The highest BCUT2D eigenvalue weighted by molar-refractivity contribution is 5.49. The molecule has 0 spiro atoms. The van der Waals surface area contributed by atoms with Gasteiger partial charge in [-0.1, -0.05) is 5.92 Å². The molecule has 0 unspecified atom stereocenters. The Hall–Kier alpha value is -1.66. The Kier molecular flexibility index (Phi) is 3.68. The highest BCUT2D eigenvalue weighted by Crippen LogP contribution is 2.19. The van der Waals surface area contributed by atoms with Crippen molar-refractivity contribution in [1.82, 2.24) is 5.32 Å². The maximum absolute atomic E-state index is 5.33. The third-order valence-corrected chi connectivity index (χ3v) is 2.64. The van der Waals surface area contributed by atoms with E-state index in [2.05, 4.69) is 28.3 Å². The van der Waals surface area contributed by atoms with Crippen molar-refractivity contribution in [3.05, 3.63) is 24.3 Å². The number of hydrogen-bond donors (Lipinski definition) is 1. The third kappa shape index (κ3) is 2.68. The van der Waals surface area contributed by atoms with Crippen molar-refractivity contribution < 1.29 is 4.74 Å². The molecule has 0 atom stereocenters. The molecular formula is C13H16N2O. The van der Waals surface area contributed by atoms with Crippen LogP contribution in [0.25, 0.3) is 0 Å². The number of hydrogen-bond acceptors (Lipinski definition) is 3. The maximum atomic E-state index is 5.33. The Labute approximate surface area is 96.4 Å². The van der Waals surface area contributed by atoms with E-state index in [0.29, 0.717) is 6.61 Å². The Morgan fingerprint density at radius 2 is 1.94 bits per heavy atom. The van der Waals surface area contributed by atoms with Gasteiger partial charge in [0.2, 0.25) is 0 Å². The van der Waals surface area contributed by atoms with Crippen LogP contribution in [0.4, 0.5) is 5.69 Å². The molecule has 0 saturated carbocycles. The average Bonchev–Trinajstić information content (AvgIpc) is 2.38. The van der Waals surface area contributed by atoms with Gasteiger partial charge in [-0.2, -0.15) is 0 Å². The fourth-order valence-corrected chi connectivity index (χ4v) is 1.80. The lowest BCUT2D eigenvalue weighted by Crippen LogP contribution is -2.43. The summed E-state index contributed by atoms with van der Waals surface area (Å²) >= 11 is 0. The van der Waals surface area contributed by atoms with E-state index in [9.17, 15) is 0 Å². The van der Waals surface area contributed by atoms with Crippen LogP contribution in [-0.4, -0.2) is 32.8 Å². The molecule has 0 aromatic heterocycles. The lowest BCUT2D eigenvalue weighted by atomic mass is 10.2. The summed E-state index contributed by atoms with van der Waals surface area (Å²) in [6, 6.07) is 8.09. The van der Waals surface area contributed by atoms with Crippen LogP contribution in [0.1, 0.15) is 0 Å². The van der Waals surface area contributed by atoms with Gasteiger partial charge in [0, 0.05) is 31.9 Å². The molecule has 1 N–H and O–H groups in total. The van der Waals surface area contributed by atoms with Gasteiger partial charge in [-0.25, -0.2) is 0 Å². The summed E-state index contributed by atoms with van der Waals surface area (Å²) in [5.74, 6) is 3.28. The van der Waals surface area contributed by atoms with E-state index >= 15 is 0 Å². The molecule has 1 heterocycles. The standard InChI is InChI=1S/C13H16N2O/c1-2-11-16-13-5-3-12(4-6-13)15-9-7-14-8-10-15/h1,3-6,14H,7-11H2. The molecule has 0 bridgehead atoms. The molecule has 0 amide bonds. The van der Waals surface area contributed by atoms with Gasteiger partial charge < -0.3 is 15.0 Å². The van der Waals surface area contributed by atoms with Gasteiger partial charge in [-0.15, -0.1) is 6.42 Å². The zero-order valence-electron chi connectivity index (χ0n) is 9.28. The first-order valence-corrected chi connectivity index (χ1v) is 5.52. The highest BCUT2D eigenvalue weighted by Gasteiger charge is 2.09. The fraction of sp³-hybridized carbons (Fsp3) is 0.385. The monoisotopic (exact) mass is 216 g/mol. The SMILES string of the molecule is C#CCOc1ccc(N2CCNCC2)cc1. The van der Waals surface area contributed by atoms with E-state index in [1.54, 1.807) is 0 Å². The molecule has 1 aromatic rings. The normalized spacial score (nSPS) is 15.6. The van der Waals surface area contributed by atoms with Crippen molar-refractivity contribution in [3.63, 3.8) is 0 Å². The molecule has 1 fully saturated rings. The van der Waals surface area contributed by atoms with Gasteiger partial charge in [0.05, 0.1) is 0 Å². The molecule has 3 nitrogen and oxygen atoms in total. The van der Waals surface area contributed by atoms with Crippen molar-refractivity contribution in [3.8, 4) is 18.1 Å². The van der Waals surface area contributed by atoms with Gasteiger partial charge in [-0.3, -0.25) is 0 Å². The molecule has 1 aliphatic rings. The van der Waals surface area contributed by atoms with E-state index in [1.807, 2.05) is 12.1 Å². The molecule has 1 aliphatic heterocycles. The van der Waals surface area contributed by atoms with Gasteiger partial charge >= 0.3 is 0 Å². The number of piperazine rings is 1. The van der Waals surface area contributed by atoms with Crippen molar-refractivity contribution in [2.75, 3.05) is 37.7 Å². The maximum Gasteiger partial charge on any atom is 0.148 e. The van der Waals surface area contributed by atoms with E-state index in [-0.39, 0.29) is 0 Å². The molecule has 0 aliphatic carbocycles. The average molecular weight is 216 g/mol. The molecule has 1 aromatic carbocycles. The Balaban J connectivity index is 1.98. The molecule has 16 heavy (non-hydrogen) atoms. The largest absolute Gasteiger partial charge is 0.481 e. The summed E-state index contributed by atoms with van der Waals surface area (Å²) in [5, 5.41) is 3.34. The number of ether oxygens (including phenoxy) is 1. The lowest BCUT2D eigenvalue weighted by Gasteiger charge is -2.29. The molecule has 3 heteroatoms. The number of nitrogens with zero attached hydrogens (tertiary/aromatic N) is 1. The first-order valence-electron chi connectivity index (χ1n) is 5.52. The van der Waals surface area contributed by atoms with Gasteiger partial charge in [0.1, 0.15) is 12.4 Å². The van der Waals surface area contributed by atoms with Gasteiger partial charge in [-0.05, 0) is 24.3 Å². The van der Waals surface area contributed by atoms with Crippen LogP contribution in [0.2, 0.25) is 0 Å². The minimum atomic E-state index is 0.326. The smallest absolute Gasteiger partial charge is 0.148 e. The van der Waals surface area contributed by atoms with E-state index < -0.39 is 0 Å². The van der Waals surface area contributed by atoms with E-state index in [4.69, 9.17) is 11.2 Å². The Morgan fingerprint density at radius 3 is 2.56 bits per heavy atom. The highest BCUT2D eigenvalue weighted by atomic mass is 16.5. The van der Waals surface area contributed by atoms with E-state index in [1.165, 1.54) is 5.69 Å². The van der Waals surface area contributed by atoms with Crippen molar-refractivity contribution in [2.24, 2.45) is 0 Å². The van der Waals surface area contributed by atoms with Crippen LogP contribution in [0, 0.1) is 12.3 Å². The number of nitrogens with one attached hydrogen (secondary N) is 1. The summed E-state index contributed by atoms with van der Waals surface area (Å²) in [5.41, 5.74) is 1.24. The predicted octanol–water partition coefficient (Wildman–Crippen LogP) is 1.11. The van der Waals surface area contributed by atoms with Crippen LogP contribution in [0.5, 0.6) is 5.75 Å². The zero-order valence-corrected chi connectivity index (χ0v) is 9.28. The zero-order chi connectivity index (χ0) is 11.2. The van der Waals surface area contributed by atoms with Crippen molar-refractivity contribution in [2.45, 2.75) is 0 Å².